The number of hydrogen-bond donors (Lipinski definition) is 1. The summed E-state index contributed by atoms with van der Waals surface area (Å²) in [4.78, 5) is 14.9. The molecule has 1 aromatic carbocycles. The molecule has 0 fully saturated rings. The Balaban J connectivity index is 2.35. The second kappa shape index (κ2) is 6.91. The summed E-state index contributed by atoms with van der Waals surface area (Å²) in [5.41, 5.74) is 6.53. The highest BCUT2D eigenvalue weighted by molar-refractivity contribution is 5.71. The number of urea groups is 1. The normalized spacial score (nSPS) is 10.5. The van der Waals surface area contributed by atoms with Crippen molar-refractivity contribution in [3.8, 4) is 0 Å². The molecule has 4 nitrogen and oxygen atoms in total. The van der Waals surface area contributed by atoms with Gasteiger partial charge in [-0.05, 0) is 19.5 Å². The molecule has 1 rings (SSSR count). The van der Waals surface area contributed by atoms with E-state index in [1.54, 1.807) is 4.90 Å². The Hall–Kier alpha value is -1.55. The van der Waals surface area contributed by atoms with Gasteiger partial charge >= 0.3 is 6.03 Å². The minimum atomic E-state index is -0.347. The Morgan fingerprint density at radius 2 is 1.88 bits per heavy atom. The van der Waals surface area contributed by atoms with Crippen molar-refractivity contribution in [2.24, 2.45) is 5.73 Å². The van der Waals surface area contributed by atoms with Crippen LogP contribution in [0.2, 0.25) is 0 Å². The first-order chi connectivity index (χ1) is 8.13. The lowest BCUT2D eigenvalue weighted by atomic mass is 10.2. The molecular formula is C13H21N3O. The van der Waals surface area contributed by atoms with Crippen LogP contribution in [0.3, 0.4) is 0 Å². The van der Waals surface area contributed by atoms with Crippen LogP contribution in [0.25, 0.3) is 0 Å². The van der Waals surface area contributed by atoms with Crippen molar-refractivity contribution in [2.45, 2.75) is 13.5 Å². The highest BCUT2D eigenvalue weighted by Gasteiger charge is 2.08. The van der Waals surface area contributed by atoms with Gasteiger partial charge in [0.2, 0.25) is 0 Å². The van der Waals surface area contributed by atoms with E-state index in [0.29, 0.717) is 13.1 Å². The molecule has 94 valence electrons. The molecule has 0 aliphatic heterocycles. The van der Waals surface area contributed by atoms with Gasteiger partial charge in [-0.15, -0.1) is 0 Å². The fourth-order valence-corrected chi connectivity index (χ4v) is 1.69. The van der Waals surface area contributed by atoms with Gasteiger partial charge in [0.1, 0.15) is 0 Å². The number of likely N-dealkylation sites (N-methyl/N-ethyl adjacent to an activating group) is 2. The molecule has 0 aliphatic rings. The number of rotatable bonds is 6. The molecule has 2 amide bonds. The zero-order valence-corrected chi connectivity index (χ0v) is 10.6. The van der Waals surface area contributed by atoms with Crippen LogP contribution in [0.1, 0.15) is 12.5 Å². The summed E-state index contributed by atoms with van der Waals surface area (Å²) in [6, 6.07) is 9.93. The van der Waals surface area contributed by atoms with Crippen LogP contribution in [-0.2, 0) is 6.54 Å². The molecule has 0 heterocycles. The summed E-state index contributed by atoms with van der Waals surface area (Å²) in [6.07, 6.45) is 0. The second-order valence-corrected chi connectivity index (χ2v) is 4.14. The zero-order valence-electron chi connectivity index (χ0n) is 10.6. The molecule has 1 aromatic rings. The van der Waals surface area contributed by atoms with Crippen molar-refractivity contribution in [1.29, 1.82) is 0 Å². The van der Waals surface area contributed by atoms with E-state index in [0.717, 1.165) is 13.1 Å². The van der Waals surface area contributed by atoms with Gasteiger partial charge in [-0.3, -0.25) is 0 Å². The van der Waals surface area contributed by atoms with E-state index in [1.165, 1.54) is 5.56 Å². The third-order valence-electron chi connectivity index (χ3n) is 2.74. The standard InChI is InChI=1S/C13H21N3O/c1-3-16(13(14)17)10-9-15(2)11-12-7-5-4-6-8-12/h4-8H,3,9-11H2,1-2H3,(H2,14,17). The summed E-state index contributed by atoms with van der Waals surface area (Å²) in [7, 11) is 2.04. The van der Waals surface area contributed by atoms with E-state index in [2.05, 4.69) is 17.0 Å². The minimum Gasteiger partial charge on any atom is -0.351 e. The molecule has 0 aromatic heterocycles. The van der Waals surface area contributed by atoms with E-state index in [-0.39, 0.29) is 6.03 Å². The Morgan fingerprint density at radius 1 is 1.24 bits per heavy atom. The lowest BCUT2D eigenvalue weighted by Gasteiger charge is -2.23. The predicted molar refractivity (Wildman–Crippen MR) is 69.6 cm³/mol. The Labute approximate surface area is 103 Å². The summed E-state index contributed by atoms with van der Waals surface area (Å²) in [6.45, 7) is 4.98. The highest BCUT2D eigenvalue weighted by Crippen LogP contribution is 2.02. The molecule has 0 radical (unpaired) electrons. The summed E-state index contributed by atoms with van der Waals surface area (Å²) in [5.74, 6) is 0. The number of hydrogen-bond acceptors (Lipinski definition) is 2. The average Bonchev–Trinajstić information content (AvgIpc) is 2.30. The van der Waals surface area contributed by atoms with Gasteiger partial charge < -0.3 is 15.5 Å². The highest BCUT2D eigenvalue weighted by atomic mass is 16.2. The van der Waals surface area contributed by atoms with Crippen LogP contribution in [0, 0.1) is 0 Å². The van der Waals surface area contributed by atoms with Gasteiger partial charge in [0.05, 0.1) is 0 Å². The van der Waals surface area contributed by atoms with Crippen LogP contribution >= 0.6 is 0 Å². The van der Waals surface area contributed by atoms with Crippen LogP contribution in [0.4, 0.5) is 4.79 Å². The van der Waals surface area contributed by atoms with Crippen LogP contribution in [-0.4, -0.2) is 42.5 Å². The van der Waals surface area contributed by atoms with Gasteiger partial charge in [-0.1, -0.05) is 30.3 Å². The average molecular weight is 235 g/mol. The SMILES string of the molecule is CCN(CCN(C)Cc1ccccc1)C(N)=O. The number of benzene rings is 1. The first kappa shape index (κ1) is 13.5. The molecule has 0 unspecified atom stereocenters. The number of carbonyl (C=O) groups is 1. The Bertz CT molecular complexity index is 340. The summed E-state index contributed by atoms with van der Waals surface area (Å²) < 4.78 is 0. The fraction of sp³-hybridized carbons (Fsp3) is 0.462. The molecule has 0 saturated carbocycles. The Kier molecular flexibility index (Phi) is 5.49. The monoisotopic (exact) mass is 235 g/mol. The maximum atomic E-state index is 11.0. The van der Waals surface area contributed by atoms with Gasteiger partial charge in [0.15, 0.2) is 0 Å². The molecule has 0 saturated heterocycles. The first-order valence-electron chi connectivity index (χ1n) is 5.90. The molecule has 0 spiro atoms. The summed E-state index contributed by atoms with van der Waals surface area (Å²) in [5, 5.41) is 0. The van der Waals surface area contributed by atoms with Crippen molar-refractivity contribution in [3.05, 3.63) is 35.9 Å². The molecule has 4 heteroatoms. The van der Waals surface area contributed by atoms with Gasteiger partial charge in [-0.25, -0.2) is 4.79 Å². The maximum Gasteiger partial charge on any atom is 0.314 e. The second-order valence-electron chi connectivity index (χ2n) is 4.14. The maximum absolute atomic E-state index is 11.0. The molecule has 0 aliphatic carbocycles. The number of carbonyl (C=O) groups excluding carboxylic acids is 1. The molecule has 17 heavy (non-hydrogen) atoms. The van der Waals surface area contributed by atoms with Crippen molar-refractivity contribution in [2.75, 3.05) is 26.7 Å². The van der Waals surface area contributed by atoms with E-state index in [4.69, 9.17) is 5.73 Å². The van der Waals surface area contributed by atoms with Crippen LogP contribution in [0.15, 0.2) is 30.3 Å². The van der Waals surface area contributed by atoms with Crippen molar-refractivity contribution >= 4 is 6.03 Å². The van der Waals surface area contributed by atoms with E-state index in [9.17, 15) is 4.79 Å². The largest absolute Gasteiger partial charge is 0.351 e. The third kappa shape index (κ3) is 4.87. The zero-order chi connectivity index (χ0) is 12.7. The number of nitrogens with two attached hydrogens (primary N) is 1. The molecule has 0 atom stereocenters. The quantitative estimate of drug-likeness (QED) is 0.812. The lowest BCUT2D eigenvalue weighted by molar-refractivity contribution is 0.199. The fourth-order valence-electron chi connectivity index (χ4n) is 1.69. The molecule has 0 bridgehead atoms. The lowest BCUT2D eigenvalue weighted by Crippen LogP contribution is -2.40. The smallest absolute Gasteiger partial charge is 0.314 e. The Morgan fingerprint density at radius 3 is 2.41 bits per heavy atom. The van der Waals surface area contributed by atoms with Crippen LogP contribution < -0.4 is 5.73 Å². The predicted octanol–water partition coefficient (Wildman–Crippen LogP) is 1.52. The topological polar surface area (TPSA) is 49.6 Å². The number of nitrogens with zero attached hydrogens (tertiary/aromatic N) is 2. The summed E-state index contributed by atoms with van der Waals surface area (Å²) >= 11 is 0. The van der Waals surface area contributed by atoms with Gasteiger partial charge in [0, 0.05) is 26.2 Å². The first-order valence-corrected chi connectivity index (χ1v) is 5.90. The minimum absolute atomic E-state index is 0.347. The number of primary amides is 1. The molecular weight excluding hydrogens is 214 g/mol. The number of amides is 2. The van der Waals surface area contributed by atoms with Crippen molar-refractivity contribution < 1.29 is 4.79 Å². The third-order valence-corrected chi connectivity index (χ3v) is 2.74. The van der Waals surface area contributed by atoms with Crippen molar-refractivity contribution in [1.82, 2.24) is 9.80 Å². The molecule has 2 N–H and O–H groups in total. The van der Waals surface area contributed by atoms with Crippen LogP contribution in [0.5, 0.6) is 0 Å². The van der Waals surface area contributed by atoms with E-state index in [1.807, 2.05) is 32.2 Å². The van der Waals surface area contributed by atoms with Crippen molar-refractivity contribution in [3.63, 3.8) is 0 Å². The van der Waals surface area contributed by atoms with E-state index < -0.39 is 0 Å². The van der Waals surface area contributed by atoms with Gasteiger partial charge in [-0.2, -0.15) is 0 Å². The van der Waals surface area contributed by atoms with Gasteiger partial charge in [0.25, 0.3) is 0 Å². The van der Waals surface area contributed by atoms with E-state index >= 15 is 0 Å².